The van der Waals surface area contributed by atoms with Crippen molar-refractivity contribution >= 4 is 11.9 Å². The van der Waals surface area contributed by atoms with Gasteiger partial charge in [-0.1, -0.05) is 0 Å². The first-order valence-corrected chi connectivity index (χ1v) is 7.92. The zero-order valence-corrected chi connectivity index (χ0v) is 13.0. The number of aliphatic hydroxyl groups is 1. The van der Waals surface area contributed by atoms with Gasteiger partial charge in [-0.15, -0.1) is 0 Å². The van der Waals surface area contributed by atoms with Gasteiger partial charge in [0.25, 0.3) is 0 Å². The molecular weight excluding hydrogens is 282 g/mol. The minimum absolute atomic E-state index is 0.328. The number of carbonyl (C=O) groups is 1. The Morgan fingerprint density at radius 3 is 2.82 bits per heavy atom. The van der Waals surface area contributed by atoms with Crippen LogP contribution in [0.25, 0.3) is 0 Å². The van der Waals surface area contributed by atoms with Crippen molar-refractivity contribution in [3.05, 3.63) is 18.1 Å². The topological polar surface area (TPSA) is 75.6 Å². The van der Waals surface area contributed by atoms with Crippen molar-refractivity contribution in [2.45, 2.75) is 50.7 Å². The van der Waals surface area contributed by atoms with E-state index >= 15 is 0 Å². The maximum atomic E-state index is 12.2. The lowest BCUT2D eigenvalue weighted by molar-refractivity contribution is 0.0225. The standard InChI is InChI=1S/C16H21N3O3/c1-15(2,21)12-7-18-13(8-17-12)19-9-16(22-14(19)20)4-3-10-5-11(10)6-16/h7-8,10-11,21H,3-6,9H2,1-2H3/t10-,11+,16+/m0/s1. The largest absolute Gasteiger partial charge is 0.441 e. The molecule has 22 heavy (non-hydrogen) atoms. The van der Waals surface area contributed by atoms with Gasteiger partial charge in [-0.3, -0.25) is 9.88 Å². The molecule has 2 aliphatic carbocycles. The average molecular weight is 303 g/mol. The molecule has 1 saturated heterocycles. The highest BCUT2D eigenvalue weighted by molar-refractivity contribution is 5.89. The van der Waals surface area contributed by atoms with Crippen LogP contribution in [0, 0.1) is 11.8 Å². The molecule has 3 atom stereocenters. The van der Waals surface area contributed by atoms with E-state index in [2.05, 4.69) is 9.97 Å². The molecule has 1 amide bonds. The minimum atomic E-state index is -1.04. The normalized spacial score (nSPS) is 33.8. The number of amides is 1. The number of aromatic nitrogens is 2. The molecule has 1 N–H and O–H groups in total. The third-order valence-electron chi connectivity index (χ3n) is 5.19. The van der Waals surface area contributed by atoms with Crippen LogP contribution in [0.1, 0.15) is 45.2 Å². The number of hydrogen-bond acceptors (Lipinski definition) is 5. The van der Waals surface area contributed by atoms with Gasteiger partial charge in [0.2, 0.25) is 0 Å². The highest BCUT2D eigenvalue weighted by atomic mass is 16.6. The highest BCUT2D eigenvalue weighted by Crippen LogP contribution is 2.55. The van der Waals surface area contributed by atoms with E-state index in [1.54, 1.807) is 18.7 Å². The van der Waals surface area contributed by atoms with Gasteiger partial charge < -0.3 is 9.84 Å². The summed E-state index contributed by atoms with van der Waals surface area (Å²) in [6.45, 7) is 3.87. The molecule has 1 spiro atoms. The van der Waals surface area contributed by atoms with E-state index in [0.717, 1.165) is 31.1 Å². The number of rotatable bonds is 2. The van der Waals surface area contributed by atoms with Crippen LogP contribution in [0.15, 0.2) is 12.4 Å². The maximum Gasteiger partial charge on any atom is 0.416 e. The minimum Gasteiger partial charge on any atom is -0.441 e. The molecule has 4 rings (SSSR count). The summed E-state index contributed by atoms with van der Waals surface area (Å²) in [4.78, 5) is 22.3. The van der Waals surface area contributed by atoms with E-state index < -0.39 is 5.60 Å². The summed E-state index contributed by atoms with van der Waals surface area (Å²) in [5.41, 5.74) is -0.884. The first-order chi connectivity index (χ1) is 10.4. The molecule has 1 aromatic rings. The van der Waals surface area contributed by atoms with E-state index in [-0.39, 0.29) is 11.7 Å². The Labute approximate surface area is 129 Å². The van der Waals surface area contributed by atoms with Gasteiger partial charge in [0, 0.05) is 0 Å². The molecule has 1 aromatic heterocycles. The van der Waals surface area contributed by atoms with Crippen LogP contribution in [0.5, 0.6) is 0 Å². The molecule has 0 bridgehead atoms. The van der Waals surface area contributed by atoms with Crippen molar-refractivity contribution in [1.82, 2.24) is 9.97 Å². The number of anilines is 1. The van der Waals surface area contributed by atoms with Crippen LogP contribution in [0.2, 0.25) is 0 Å². The van der Waals surface area contributed by atoms with Crippen LogP contribution in [-0.4, -0.2) is 33.3 Å². The predicted octanol–water partition coefficient (Wildman–Crippen LogP) is 2.22. The number of nitrogens with zero attached hydrogens (tertiary/aromatic N) is 3. The third-order valence-corrected chi connectivity index (χ3v) is 5.19. The first kappa shape index (κ1) is 13.9. The Bertz CT molecular complexity index is 610. The fourth-order valence-electron chi connectivity index (χ4n) is 3.75. The van der Waals surface area contributed by atoms with E-state index in [1.165, 1.54) is 18.8 Å². The van der Waals surface area contributed by atoms with Gasteiger partial charge in [0.1, 0.15) is 11.2 Å². The Morgan fingerprint density at radius 1 is 1.36 bits per heavy atom. The van der Waals surface area contributed by atoms with Gasteiger partial charge >= 0.3 is 6.09 Å². The summed E-state index contributed by atoms with van der Waals surface area (Å²) in [6, 6.07) is 0. The molecule has 6 nitrogen and oxygen atoms in total. The van der Waals surface area contributed by atoms with Crippen molar-refractivity contribution in [2.75, 3.05) is 11.4 Å². The molecule has 0 unspecified atom stereocenters. The Kier molecular flexibility index (Phi) is 2.79. The summed E-state index contributed by atoms with van der Waals surface area (Å²) in [6.07, 6.45) is 7.11. The lowest BCUT2D eigenvalue weighted by atomic mass is 9.85. The number of hydrogen-bond donors (Lipinski definition) is 1. The van der Waals surface area contributed by atoms with Crippen LogP contribution < -0.4 is 4.90 Å². The SMILES string of the molecule is CC(C)(O)c1cnc(N2C[C@]3(CC[C@H]4C[C@@H]4C3)OC2=O)cn1. The summed E-state index contributed by atoms with van der Waals surface area (Å²) in [5.74, 6) is 2.10. The van der Waals surface area contributed by atoms with Crippen molar-refractivity contribution in [3.8, 4) is 0 Å². The second-order valence-electron chi connectivity index (χ2n) is 7.45. The summed E-state index contributed by atoms with van der Waals surface area (Å²) >= 11 is 0. The molecule has 2 saturated carbocycles. The summed E-state index contributed by atoms with van der Waals surface area (Å²) in [7, 11) is 0. The maximum absolute atomic E-state index is 12.2. The van der Waals surface area contributed by atoms with Gasteiger partial charge in [-0.2, -0.15) is 0 Å². The van der Waals surface area contributed by atoms with Crippen LogP contribution in [0.4, 0.5) is 10.6 Å². The third kappa shape index (κ3) is 2.26. The number of carbonyl (C=O) groups excluding carboxylic acids is 1. The molecule has 1 aliphatic heterocycles. The van der Waals surface area contributed by atoms with Gasteiger partial charge in [0.15, 0.2) is 5.82 Å². The van der Waals surface area contributed by atoms with E-state index in [1.807, 2.05) is 0 Å². The van der Waals surface area contributed by atoms with Gasteiger partial charge in [-0.25, -0.2) is 9.78 Å². The van der Waals surface area contributed by atoms with Gasteiger partial charge in [-0.05, 0) is 51.4 Å². The van der Waals surface area contributed by atoms with Crippen molar-refractivity contribution in [1.29, 1.82) is 0 Å². The number of fused-ring (bicyclic) bond motifs is 1. The van der Waals surface area contributed by atoms with Crippen molar-refractivity contribution < 1.29 is 14.6 Å². The monoisotopic (exact) mass is 303 g/mol. The Hall–Kier alpha value is -1.69. The lowest BCUT2D eigenvalue weighted by Gasteiger charge is -2.30. The average Bonchev–Trinajstić information content (AvgIpc) is 3.14. The molecule has 0 radical (unpaired) electrons. The second-order valence-corrected chi connectivity index (χ2v) is 7.45. The Morgan fingerprint density at radius 2 is 2.18 bits per heavy atom. The first-order valence-electron chi connectivity index (χ1n) is 7.92. The Balaban J connectivity index is 1.54. The fraction of sp³-hybridized carbons (Fsp3) is 0.688. The van der Waals surface area contributed by atoms with Crippen LogP contribution >= 0.6 is 0 Å². The van der Waals surface area contributed by atoms with Gasteiger partial charge in [0.05, 0.1) is 24.6 Å². The summed E-state index contributed by atoms with van der Waals surface area (Å²) < 4.78 is 5.72. The lowest BCUT2D eigenvalue weighted by Crippen LogP contribution is -2.37. The fourth-order valence-corrected chi connectivity index (χ4v) is 3.75. The van der Waals surface area contributed by atoms with E-state index in [0.29, 0.717) is 18.1 Å². The van der Waals surface area contributed by atoms with Crippen LogP contribution in [-0.2, 0) is 10.3 Å². The van der Waals surface area contributed by atoms with E-state index in [4.69, 9.17) is 4.74 Å². The summed E-state index contributed by atoms with van der Waals surface area (Å²) in [5, 5.41) is 9.92. The number of ether oxygens (including phenoxy) is 1. The molecule has 2 heterocycles. The zero-order chi connectivity index (χ0) is 15.5. The predicted molar refractivity (Wildman–Crippen MR) is 79.3 cm³/mol. The quantitative estimate of drug-likeness (QED) is 0.906. The zero-order valence-electron chi connectivity index (χ0n) is 13.0. The molecule has 0 aromatic carbocycles. The molecule has 118 valence electrons. The highest BCUT2D eigenvalue weighted by Gasteiger charge is 2.55. The smallest absolute Gasteiger partial charge is 0.416 e. The van der Waals surface area contributed by atoms with Crippen molar-refractivity contribution in [3.63, 3.8) is 0 Å². The molecular formula is C16H21N3O3. The van der Waals surface area contributed by atoms with Crippen molar-refractivity contribution in [2.24, 2.45) is 11.8 Å². The second kappa shape index (κ2) is 4.41. The molecule has 6 heteroatoms. The van der Waals surface area contributed by atoms with E-state index in [9.17, 15) is 9.90 Å². The molecule has 3 fully saturated rings. The molecule has 3 aliphatic rings. The van der Waals surface area contributed by atoms with Crippen LogP contribution in [0.3, 0.4) is 0 Å².